The minimum absolute atomic E-state index is 0.363. The summed E-state index contributed by atoms with van der Waals surface area (Å²) in [7, 11) is 2.06. The Hall–Kier alpha value is -1.58. The van der Waals surface area contributed by atoms with Gasteiger partial charge >= 0.3 is 0 Å². The van der Waals surface area contributed by atoms with Crippen molar-refractivity contribution in [2.75, 3.05) is 13.6 Å². The summed E-state index contributed by atoms with van der Waals surface area (Å²) in [5, 5.41) is 0. The molecule has 1 aromatic heterocycles. The highest BCUT2D eigenvalue weighted by Crippen LogP contribution is 2.19. The lowest BCUT2D eigenvalue weighted by Crippen LogP contribution is -2.43. The van der Waals surface area contributed by atoms with Gasteiger partial charge < -0.3 is 10.2 Å². The zero-order valence-corrected chi connectivity index (χ0v) is 11.9. The average Bonchev–Trinajstić information content (AvgIpc) is 2.75. The van der Waals surface area contributed by atoms with Crippen LogP contribution in [-0.4, -0.2) is 18.5 Å². The highest BCUT2D eigenvalue weighted by Gasteiger charge is 2.23. The molecule has 19 heavy (non-hydrogen) atoms. The fourth-order valence-electron chi connectivity index (χ4n) is 2.36. The van der Waals surface area contributed by atoms with E-state index < -0.39 is 0 Å². The van der Waals surface area contributed by atoms with Gasteiger partial charge in [-0.25, -0.2) is 0 Å². The van der Waals surface area contributed by atoms with Crippen LogP contribution < -0.4 is 5.73 Å². The smallest absolute Gasteiger partial charge is 0.118 e. The van der Waals surface area contributed by atoms with Gasteiger partial charge in [0.15, 0.2) is 0 Å². The van der Waals surface area contributed by atoms with Gasteiger partial charge in [-0.1, -0.05) is 30.3 Å². The number of aryl methyl sites for hydroxylation is 1. The summed E-state index contributed by atoms with van der Waals surface area (Å²) >= 11 is 0. The van der Waals surface area contributed by atoms with E-state index in [9.17, 15) is 0 Å². The maximum Gasteiger partial charge on any atom is 0.118 e. The molecule has 1 heterocycles. The molecule has 3 heteroatoms. The molecule has 1 aromatic carbocycles. The van der Waals surface area contributed by atoms with Gasteiger partial charge in [-0.3, -0.25) is 4.90 Å². The maximum atomic E-state index is 6.43. The monoisotopic (exact) mass is 258 g/mol. The van der Waals surface area contributed by atoms with E-state index in [0.717, 1.165) is 30.2 Å². The van der Waals surface area contributed by atoms with Crippen molar-refractivity contribution in [3.63, 3.8) is 0 Å². The summed E-state index contributed by atoms with van der Waals surface area (Å²) in [5.41, 5.74) is 7.21. The molecule has 0 bridgehead atoms. The molecule has 0 aliphatic rings. The lowest BCUT2D eigenvalue weighted by atomic mass is 9.93. The van der Waals surface area contributed by atoms with Crippen molar-refractivity contribution in [3.05, 3.63) is 59.5 Å². The van der Waals surface area contributed by atoms with Gasteiger partial charge in [0.25, 0.3) is 0 Å². The van der Waals surface area contributed by atoms with Crippen molar-refractivity contribution in [2.24, 2.45) is 5.73 Å². The minimum Gasteiger partial charge on any atom is -0.465 e. The first kappa shape index (κ1) is 13.8. The van der Waals surface area contributed by atoms with Gasteiger partial charge in [0.05, 0.1) is 12.1 Å². The quantitative estimate of drug-likeness (QED) is 0.896. The standard InChI is InChI=1S/C16H22N2O/c1-13-9-10-15(19-13)11-18(3)12-16(2,17)14-7-5-4-6-8-14/h4-10H,11-12,17H2,1-3H3. The number of hydrogen-bond donors (Lipinski definition) is 1. The first-order chi connectivity index (χ1) is 8.97. The van der Waals surface area contributed by atoms with E-state index in [1.165, 1.54) is 0 Å². The van der Waals surface area contributed by atoms with E-state index in [1.807, 2.05) is 37.3 Å². The van der Waals surface area contributed by atoms with Gasteiger partial charge in [0, 0.05) is 6.54 Å². The summed E-state index contributed by atoms with van der Waals surface area (Å²) in [6.45, 7) is 5.57. The van der Waals surface area contributed by atoms with Crippen molar-refractivity contribution in [1.82, 2.24) is 4.90 Å². The first-order valence-corrected chi connectivity index (χ1v) is 6.56. The first-order valence-electron chi connectivity index (χ1n) is 6.56. The van der Waals surface area contributed by atoms with Crippen molar-refractivity contribution in [2.45, 2.75) is 25.9 Å². The Morgan fingerprint density at radius 2 is 1.84 bits per heavy atom. The van der Waals surface area contributed by atoms with Crippen molar-refractivity contribution >= 4 is 0 Å². The molecule has 0 saturated carbocycles. The number of benzene rings is 1. The molecule has 0 aliphatic heterocycles. The highest BCUT2D eigenvalue weighted by atomic mass is 16.3. The normalized spacial score (nSPS) is 14.6. The Bertz CT molecular complexity index is 517. The predicted octanol–water partition coefficient (Wildman–Crippen LogP) is 2.89. The van der Waals surface area contributed by atoms with Crippen molar-refractivity contribution in [1.29, 1.82) is 0 Å². The van der Waals surface area contributed by atoms with Crippen LogP contribution in [0.4, 0.5) is 0 Å². The zero-order chi connectivity index (χ0) is 13.9. The molecule has 1 unspecified atom stereocenters. The second-order valence-electron chi connectivity index (χ2n) is 5.47. The van der Waals surface area contributed by atoms with E-state index in [4.69, 9.17) is 10.2 Å². The van der Waals surface area contributed by atoms with Crippen LogP contribution in [0, 0.1) is 6.92 Å². The zero-order valence-electron chi connectivity index (χ0n) is 11.9. The Balaban J connectivity index is 2.00. The van der Waals surface area contributed by atoms with Gasteiger partial charge in [-0.2, -0.15) is 0 Å². The number of nitrogens with zero attached hydrogens (tertiary/aromatic N) is 1. The topological polar surface area (TPSA) is 42.4 Å². The Labute approximate surface area is 115 Å². The van der Waals surface area contributed by atoms with E-state index in [2.05, 4.69) is 31.0 Å². The summed E-state index contributed by atoms with van der Waals surface area (Å²) in [5.74, 6) is 1.92. The van der Waals surface area contributed by atoms with E-state index in [1.54, 1.807) is 0 Å². The minimum atomic E-state index is -0.363. The molecule has 1 atom stereocenters. The fourth-order valence-corrected chi connectivity index (χ4v) is 2.36. The van der Waals surface area contributed by atoms with Crippen LogP contribution in [0.2, 0.25) is 0 Å². The van der Waals surface area contributed by atoms with Crippen molar-refractivity contribution < 1.29 is 4.42 Å². The van der Waals surface area contributed by atoms with Gasteiger partial charge in [0.2, 0.25) is 0 Å². The Morgan fingerprint density at radius 3 is 2.42 bits per heavy atom. The van der Waals surface area contributed by atoms with Crippen LogP contribution in [0.1, 0.15) is 24.0 Å². The molecule has 0 radical (unpaired) electrons. The van der Waals surface area contributed by atoms with Gasteiger partial charge in [-0.05, 0) is 38.6 Å². The molecule has 2 N–H and O–H groups in total. The van der Waals surface area contributed by atoms with Crippen LogP contribution in [-0.2, 0) is 12.1 Å². The van der Waals surface area contributed by atoms with Crippen LogP contribution >= 0.6 is 0 Å². The highest BCUT2D eigenvalue weighted by molar-refractivity contribution is 5.23. The average molecular weight is 258 g/mol. The number of likely N-dealkylation sites (N-methyl/N-ethyl adjacent to an activating group) is 1. The number of hydrogen-bond acceptors (Lipinski definition) is 3. The fraction of sp³-hybridized carbons (Fsp3) is 0.375. The second kappa shape index (κ2) is 5.59. The van der Waals surface area contributed by atoms with Crippen LogP contribution in [0.15, 0.2) is 46.9 Å². The summed E-state index contributed by atoms with van der Waals surface area (Å²) in [4.78, 5) is 2.19. The predicted molar refractivity (Wildman–Crippen MR) is 77.8 cm³/mol. The molecular weight excluding hydrogens is 236 g/mol. The van der Waals surface area contributed by atoms with E-state index in [-0.39, 0.29) is 5.54 Å². The molecule has 0 spiro atoms. The number of furan rings is 1. The lowest BCUT2D eigenvalue weighted by molar-refractivity contribution is 0.234. The molecule has 0 fully saturated rings. The molecule has 2 rings (SSSR count). The van der Waals surface area contributed by atoms with Gasteiger partial charge in [0.1, 0.15) is 11.5 Å². The second-order valence-corrected chi connectivity index (χ2v) is 5.47. The molecule has 0 aliphatic carbocycles. The maximum absolute atomic E-state index is 6.43. The lowest BCUT2D eigenvalue weighted by Gasteiger charge is -2.30. The molecule has 0 saturated heterocycles. The molecule has 2 aromatic rings. The largest absolute Gasteiger partial charge is 0.465 e. The van der Waals surface area contributed by atoms with E-state index in [0.29, 0.717) is 0 Å². The molecular formula is C16H22N2O. The summed E-state index contributed by atoms with van der Waals surface area (Å²) in [6.07, 6.45) is 0. The summed E-state index contributed by atoms with van der Waals surface area (Å²) in [6, 6.07) is 14.2. The number of rotatable bonds is 5. The van der Waals surface area contributed by atoms with Crippen LogP contribution in [0.3, 0.4) is 0 Å². The Kier molecular flexibility index (Phi) is 4.08. The third kappa shape index (κ3) is 3.69. The molecule has 0 amide bonds. The van der Waals surface area contributed by atoms with Crippen LogP contribution in [0.5, 0.6) is 0 Å². The van der Waals surface area contributed by atoms with Crippen LogP contribution in [0.25, 0.3) is 0 Å². The van der Waals surface area contributed by atoms with Gasteiger partial charge in [-0.15, -0.1) is 0 Å². The third-order valence-electron chi connectivity index (χ3n) is 3.25. The number of nitrogens with two attached hydrogens (primary N) is 1. The van der Waals surface area contributed by atoms with E-state index >= 15 is 0 Å². The summed E-state index contributed by atoms with van der Waals surface area (Å²) < 4.78 is 5.59. The molecule has 3 nitrogen and oxygen atoms in total. The SMILES string of the molecule is Cc1ccc(CN(C)CC(C)(N)c2ccccc2)o1. The molecule has 102 valence electrons. The third-order valence-corrected chi connectivity index (χ3v) is 3.25. The Morgan fingerprint density at radius 1 is 1.16 bits per heavy atom. The van der Waals surface area contributed by atoms with Crippen molar-refractivity contribution in [3.8, 4) is 0 Å².